The first-order chi connectivity index (χ1) is 18.4. The standard InChI is InChI=1S/C27H23FN8O2/c1-36(2)7-8-38-19-11-15(9-17(28)12-19)23-24-21(5-6-30-23)32-27(33-24)26-25-22(34-35-26)4-3-20(31-25)16-10-18(37)14-29-13-16/h3-6,9-14,37H,7-8H2,1-2H3,(H,32,33)(H,34,35). The minimum absolute atomic E-state index is 0.0535. The van der Waals surface area contributed by atoms with E-state index in [4.69, 9.17) is 14.7 Å². The van der Waals surface area contributed by atoms with Crippen LogP contribution in [-0.4, -0.2) is 72.4 Å². The van der Waals surface area contributed by atoms with Gasteiger partial charge in [0.1, 0.15) is 35.0 Å². The number of hydrogen-bond donors (Lipinski definition) is 3. The molecule has 0 atom stereocenters. The number of benzene rings is 1. The van der Waals surface area contributed by atoms with E-state index in [1.54, 1.807) is 30.6 Å². The van der Waals surface area contributed by atoms with Crippen molar-refractivity contribution < 1.29 is 14.2 Å². The van der Waals surface area contributed by atoms with Gasteiger partial charge in [-0.3, -0.25) is 15.1 Å². The average Bonchev–Trinajstić information content (AvgIpc) is 3.51. The molecule has 0 radical (unpaired) electrons. The van der Waals surface area contributed by atoms with Crippen LogP contribution in [-0.2, 0) is 0 Å². The molecule has 3 N–H and O–H groups in total. The number of likely N-dealkylation sites (N-methyl/N-ethyl adjacent to an activating group) is 1. The van der Waals surface area contributed by atoms with Gasteiger partial charge in [-0.1, -0.05) is 0 Å². The highest BCUT2D eigenvalue weighted by molar-refractivity contribution is 5.95. The van der Waals surface area contributed by atoms with Crippen molar-refractivity contribution in [1.29, 1.82) is 0 Å². The first kappa shape index (κ1) is 23.5. The fourth-order valence-corrected chi connectivity index (χ4v) is 4.18. The molecule has 11 heteroatoms. The second-order valence-electron chi connectivity index (χ2n) is 9.07. The summed E-state index contributed by atoms with van der Waals surface area (Å²) in [5, 5.41) is 17.2. The summed E-state index contributed by atoms with van der Waals surface area (Å²) in [5.74, 6) is 0.539. The van der Waals surface area contributed by atoms with E-state index < -0.39 is 5.82 Å². The highest BCUT2D eigenvalue weighted by atomic mass is 19.1. The molecule has 0 amide bonds. The molecule has 0 aliphatic rings. The van der Waals surface area contributed by atoms with Crippen LogP contribution in [0, 0.1) is 5.82 Å². The maximum Gasteiger partial charge on any atom is 0.161 e. The van der Waals surface area contributed by atoms with E-state index in [0.29, 0.717) is 69.5 Å². The number of pyridine rings is 3. The number of nitrogens with zero attached hydrogens (tertiary/aromatic N) is 6. The Bertz CT molecular complexity index is 1780. The van der Waals surface area contributed by atoms with Crippen molar-refractivity contribution in [3.8, 4) is 45.5 Å². The van der Waals surface area contributed by atoms with Gasteiger partial charge in [-0.25, -0.2) is 14.4 Å². The molecule has 0 saturated heterocycles. The van der Waals surface area contributed by atoms with Crippen LogP contribution in [0.3, 0.4) is 0 Å². The van der Waals surface area contributed by atoms with Gasteiger partial charge in [-0.2, -0.15) is 5.10 Å². The molecule has 5 aromatic heterocycles. The molecule has 0 bridgehead atoms. The quantitative estimate of drug-likeness (QED) is 0.288. The van der Waals surface area contributed by atoms with Crippen LogP contribution in [0.25, 0.3) is 56.1 Å². The number of aromatic nitrogens is 7. The van der Waals surface area contributed by atoms with Crippen molar-refractivity contribution >= 4 is 22.1 Å². The number of fused-ring (bicyclic) bond motifs is 2. The van der Waals surface area contributed by atoms with Crippen molar-refractivity contribution in [1.82, 2.24) is 40.0 Å². The van der Waals surface area contributed by atoms with Crippen molar-refractivity contribution in [3.05, 3.63) is 66.9 Å². The summed E-state index contributed by atoms with van der Waals surface area (Å²) in [6.45, 7) is 1.14. The second kappa shape index (κ2) is 9.52. The summed E-state index contributed by atoms with van der Waals surface area (Å²) < 4.78 is 20.3. The Hall–Kier alpha value is -4.90. The van der Waals surface area contributed by atoms with E-state index in [1.165, 1.54) is 18.3 Å². The molecule has 6 aromatic rings. The Morgan fingerprint density at radius 2 is 1.82 bits per heavy atom. The van der Waals surface area contributed by atoms with E-state index >= 15 is 0 Å². The van der Waals surface area contributed by atoms with E-state index in [9.17, 15) is 9.50 Å². The predicted octanol–water partition coefficient (Wildman–Crippen LogP) is 4.41. The van der Waals surface area contributed by atoms with Gasteiger partial charge in [-0.05, 0) is 50.5 Å². The van der Waals surface area contributed by atoms with Crippen LogP contribution in [0.4, 0.5) is 4.39 Å². The van der Waals surface area contributed by atoms with E-state index in [0.717, 1.165) is 5.52 Å². The molecule has 0 aliphatic heterocycles. The number of rotatable bonds is 7. The molecule has 1 aromatic carbocycles. The van der Waals surface area contributed by atoms with Crippen molar-refractivity contribution in [2.24, 2.45) is 0 Å². The summed E-state index contributed by atoms with van der Waals surface area (Å²) >= 11 is 0. The minimum atomic E-state index is -0.423. The number of ether oxygens (including phenoxy) is 1. The SMILES string of the molecule is CN(C)CCOc1cc(F)cc(-c2nccc3[nH]c(-c4n[nH]c5ccc(-c6cncc(O)c6)nc45)nc23)c1. The van der Waals surface area contributed by atoms with Crippen molar-refractivity contribution in [2.75, 3.05) is 27.2 Å². The number of H-pyrrole nitrogens is 2. The Balaban J connectivity index is 1.40. The van der Waals surface area contributed by atoms with Crippen LogP contribution in [0.5, 0.6) is 11.5 Å². The molecule has 190 valence electrons. The van der Waals surface area contributed by atoms with E-state index in [-0.39, 0.29) is 5.75 Å². The monoisotopic (exact) mass is 510 g/mol. The molecule has 10 nitrogen and oxygen atoms in total. The lowest BCUT2D eigenvalue weighted by atomic mass is 10.1. The number of hydrogen-bond acceptors (Lipinski definition) is 8. The zero-order valence-corrected chi connectivity index (χ0v) is 20.6. The van der Waals surface area contributed by atoms with Crippen LogP contribution in [0.15, 0.2) is 61.1 Å². The lowest BCUT2D eigenvalue weighted by Gasteiger charge is -2.12. The topological polar surface area (TPSA) is 129 Å². The summed E-state index contributed by atoms with van der Waals surface area (Å²) in [6.07, 6.45) is 4.64. The fourth-order valence-electron chi connectivity index (χ4n) is 4.18. The third-order valence-electron chi connectivity index (χ3n) is 6.00. The number of aromatic hydroxyl groups is 1. The van der Waals surface area contributed by atoms with E-state index in [2.05, 4.69) is 25.1 Å². The van der Waals surface area contributed by atoms with Gasteiger partial charge in [0.25, 0.3) is 0 Å². The molecule has 0 unspecified atom stereocenters. The summed E-state index contributed by atoms with van der Waals surface area (Å²) in [4.78, 5) is 23.3. The summed E-state index contributed by atoms with van der Waals surface area (Å²) in [6, 6.07) is 11.6. The molecular weight excluding hydrogens is 487 g/mol. The summed E-state index contributed by atoms with van der Waals surface area (Å²) in [7, 11) is 3.89. The highest BCUT2D eigenvalue weighted by Gasteiger charge is 2.18. The van der Waals surface area contributed by atoms with Gasteiger partial charge in [-0.15, -0.1) is 0 Å². The van der Waals surface area contributed by atoms with Crippen LogP contribution in [0.1, 0.15) is 0 Å². The lowest BCUT2D eigenvalue weighted by molar-refractivity contribution is 0.260. The largest absolute Gasteiger partial charge is 0.506 e. The predicted molar refractivity (Wildman–Crippen MR) is 141 cm³/mol. The molecule has 0 fully saturated rings. The number of imidazole rings is 1. The lowest BCUT2D eigenvalue weighted by Crippen LogP contribution is -2.19. The molecule has 0 saturated carbocycles. The van der Waals surface area contributed by atoms with Gasteiger partial charge in [0.15, 0.2) is 11.5 Å². The third-order valence-corrected chi connectivity index (χ3v) is 6.00. The maximum atomic E-state index is 14.5. The zero-order valence-electron chi connectivity index (χ0n) is 20.6. The van der Waals surface area contributed by atoms with E-state index in [1.807, 2.05) is 31.1 Å². The number of nitrogens with one attached hydrogen (secondary N) is 2. The average molecular weight is 511 g/mol. The van der Waals surface area contributed by atoms with Crippen molar-refractivity contribution in [2.45, 2.75) is 0 Å². The first-order valence-electron chi connectivity index (χ1n) is 11.9. The van der Waals surface area contributed by atoms with Gasteiger partial charge >= 0.3 is 0 Å². The smallest absolute Gasteiger partial charge is 0.161 e. The number of halogens is 1. The highest BCUT2D eigenvalue weighted by Crippen LogP contribution is 2.32. The Labute approximate surface area is 216 Å². The third kappa shape index (κ3) is 4.50. The van der Waals surface area contributed by atoms with Gasteiger partial charge in [0.05, 0.1) is 28.6 Å². The van der Waals surface area contributed by atoms with Gasteiger partial charge in [0.2, 0.25) is 0 Å². The van der Waals surface area contributed by atoms with Crippen LogP contribution >= 0.6 is 0 Å². The molecule has 5 heterocycles. The van der Waals surface area contributed by atoms with Gasteiger partial charge < -0.3 is 19.7 Å². The zero-order chi connectivity index (χ0) is 26.2. The molecular formula is C27H23FN8O2. The molecule has 0 aliphatic carbocycles. The first-order valence-corrected chi connectivity index (χ1v) is 11.9. The molecule has 38 heavy (non-hydrogen) atoms. The second-order valence-corrected chi connectivity index (χ2v) is 9.07. The maximum absolute atomic E-state index is 14.5. The van der Waals surface area contributed by atoms with Crippen molar-refractivity contribution in [3.63, 3.8) is 0 Å². The molecule has 0 spiro atoms. The minimum Gasteiger partial charge on any atom is -0.506 e. The Morgan fingerprint density at radius 3 is 2.66 bits per heavy atom. The normalized spacial score (nSPS) is 11.6. The van der Waals surface area contributed by atoms with Gasteiger partial charge in [0, 0.05) is 36.1 Å². The van der Waals surface area contributed by atoms with Crippen LogP contribution in [0.2, 0.25) is 0 Å². The fraction of sp³-hybridized carbons (Fsp3) is 0.148. The molecule has 6 rings (SSSR count). The Kier molecular flexibility index (Phi) is 5.89. The number of aromatic amines is 2. The Morgan fingerprint density at radius 1 is 0.947 bits per heavy atom. The van der Waals surface area contributed by atoms with Crippen LogP contribution < -0.4 is 4.74 Å². The summed E-state index contributed by atoms with van der Waals surface area (Å²) in [5.41, 5.74) is 5.49.